The van der Waals surface area contributed by atoms with Crippen LogP contribution in [0.2, 0.25) is 0 Å². The first kappa shape index (κ1) is 14.8. The number of carbonyl (C=O) groups is 1. The zero-order chi connectivity index (χ0) is 14.5. The molecule has 2 unspecified atom stereocenters. The number of hydrogen-bond donors (Lipinski definition) is 2. The molecule has 0 bridgehead atoms. The Labute approximate surface area is 120 Å². The molecule has 5 nitrogen and oxygen atoms in total. The average molecular weight is 276 g/mol. The molecule has 5 heteroatoms. The topological polar surface area (TPSA) is 66.9 Å². The highest BCUT2D eigenvalue weighted by Gasteiger charge is 2.27. The molecule has 0 radical (unpaired) electrons. The fourth-order valence-corrected chi connectivity index (χ4v) is 2.70. The van der Waals surface area contributed by atoms with E-state index >= 15 is 0 Å². The summed E-state index contributed by atoms with van der Waals surface area (Å²) < 4.78 is 0. The maximum absolute atomic E-state index is 12.1. The van der Waals surface area contributed by atoms with Crippen LogP contribution in [0, 0.1) is 12.8 Å². The Balaban J connectivity index is 1.92. The molecule has 0 saturated heterocycles. The summed E-state index contributed by atoms with van der Waals surface area (Å²) in [7, 11) is 0. The zero-order valence-corrected chi connectivity index (χ0v) is 12.5. The smallest absolute Gasteiger partial charge is 0.223 e. The van der Waals surface area contributed by atoms with Crippen molar-refractivity contribution >= 4 is 11.7 Å². The number of carbonyl (C=O) groups excluding carboxylic acids is 1. The van der Waals surface area contributed by atoms with E-state index in [1.54, 1.807) is 12.4 Å². The Morgan fingerprint density at radius 3 is 2.85 bits per heavy atom. The first-order chi connectivity index (χ1) is 9.54. The third-order valence-corrected chi connectivity index (χ3v) is 3.58. The van der Waals surface area contributed by atoms with Crippen LogP contribution in [0.4, 0.5) is 5.82 Å². The molecule has 1 heterocycles. The highest BCUT2D eigenvalue weighted by molar-refractivity contribution is 5.79. The molecule has 20 heavy (non-hydrogen) atoms. The number of rotatable bonds is 4. The number of hydrogen-bond acceptors (Lipinski definition) is 4. The second-order valence-electron chi connectivity index (χ2n) is 5.91. The summed E-state index contributed by atoms with van der Waals surface area (Å²) >= 11 is 0. The van der Waals surface area contributed by atoms with Crippen LogP contribution in [-0.4, -0.2) is 28.0 Å². The van der Waals surface area contributed by atoms with Crippen LogP contribution in [0.1, 0.15) is 45.2 Å². The Kier molecular flexibility index (Phi) is 4.93. The van der Waals surface area contributed by atoms with Gasteiger partial charge in [-0.15, -0.1) is 0 Å². The van der Waals surface area contributed by atoms with Crippen LogP contribution < -0.4 is 10.6 Å². The summed E-state index contributed by atoms with van der Waals surface area (Å²) in [6.45, 7) is 5.93. The Morgan fingerprint density at radius 1 is 1.35 bits per heavy atom. The molecular formula is C15H24N4O. The van der Waals surface area contributed by atoms with Crippen LogP contribution in [0.15, 0.2) is 12.4 Å². The standard InChI is InChI=1S/C15H24N4O/c1-10(2)17-15(20)12-5-4-6-13(7-12)19-14-9-16-8-11(3)18-14/h8-10,12-13H,4-7H2,1-3H3,(H,17,20)(H,18,19). The van der Waals surface area contributed by atoms with Crippen molar-refractivity contribution in [3.8, 4) is 0 Å². The van der Waals surface area contributed by atoms with Crippen molar-refractivity contribution in [3.05, 3.63) is 18.1 Å². The SMILES string of the molecule is Cc1cncc(NC2CCCC(C(=O)NC(C)C)C2)n1. The zero-order valence-electron chi connectivity index (χ0n) is 12.5. The van der Waals surface area contributed by atoms with Gasteiger partial charge in [-0.1, -0.05) is 6.42 Å². The summed E-state index contributed by atoms with van der Waals surface area (Å²) in [5, 5.41) is 6.42. The molecule has 2 N–H and O–H groups in total. The molecule has 0 spiro atoms. The van der Waals surface area contributed by atoms with E-state index in [1.165, 1.54) is 0 Å². The quantitative estimate of drug-likeness (QED) is 0.885. The highest BCUT2D eigenvalue weighted by atomic mass is 16.1. The molecule has 1 aliphatic carbocycles. The van der Waals surface area contributed by atoms with E-state index < -0.39 is 0 Å². The predicted octanol–water partition coefficient (Wildman–Crippen LogP) is 2.28. The maximum atomic E-state index is 12.1. The number of anilines is 1. The Morgan fingerprint density at radius 2 is 2.15 bits per heavy atom. The van der Waals surface area contributed by atoms with Crippen LogP contribution in [-0.2, 0) is 4.79 Å². The molecule has 0 aliphatic heterocycles. The molecule has 1 aliphatic rings. The number of nitrogens with one attached hydrogen (secondary N) is 2. The first-order valence-corrected chi connectivity index (χ1v) is 7.40. The minimum atomic E-state index is 0.112. The van der Waals surface area contributed by atoms with Crippen LogP contribution in [0.5, 0.6) is 0 Å². The molecule has 1 aromatic rings. The van der Waals surface area contributed by atoms with E-state index in [1.807, 2.05) is 20.8 Å². The van der Waals surface area contributed by atoms with E-state index in [0.717, 1.165) is 37.2 Å². The second kappa shape index (κ2) is 6.68. The predicted molar refractivity (Wildman–Crippen MR) is 79.4 cm³/mol. The summed E-state index contributed by atoms with van der Waals surface area (Å²) in [6.07, 6.45) is 7.49. The lowest BCUT2D eigenvalue weighted by Gasteiger charge is -2.29. The van der Waals surface area contributed by atoms with Gasteiger partial charge in [0, 0.05) is 24.2 Å². The van der Waals surface area contributed by atoms with Crippen molar-refractivity contribution in [1.29, 1.82) is 0 Å². The summed E-state index contributed by atoms with van der Waals surface area (Å²) in [5.41, 5.74) is 0.903. The van der Waals surface area contributed by atoms with Gasteiger partial charge in [0.05, 0.1) is 11.9 Å². The van der Waals surface area contributed by atoms with E-state index in [9.17, 15) is 4.79 Å². The lowest BCUT2D eigenvalue weighted by Crippen LogP contribution is -2.40. The molecule has 1 saturated carbocycles. The summed E-state index contributed by atoms with van der Waals surface area (Å²) in [5.74, 6) is 1.10. The fourth-order valence-electron chi connectivity index (χ4n) is 2.70. The maximum Gasteiger partial charge on any atom is 0.223 e. The van der Waals surface area contributed by atoms with Crippen molar-refractivity contribution < 1.29 is 4.79 Å². The molecular weight excluding hydrogens is 252 g/mol. The monoisotopic (exact) mass is 276 g/mol. The van der Waals surface area contributed by atoms with Crippen molar-refractivity contribution in [3.63, 3.8) is 0 Å². The largest absolute Gasteiger partial charge is 0.366 e. The molecule has 1 fully saturated rings. The lowest BCUT2D eigenvalue weighted by molar-refractivity contribution is -0.126. The fraction of sp³-hybridized carbons (Fsp3) is 0.667. The number of nitrogens with zero attached hydrogens (tertiary/aromatic N) is 2. The van der Waals surface area contributed by atoms with Crippen molar-refractivity contribution in [2.45, 2.75) is 58.5 Å². The molecule has 1 aromatic heterocycles. The molecule has 0 aromatic carbocycles. The normalized spacial score (nSPS) is 22.6. The third kappa shape index (κ3) is 4.18. The first-order valence-electron chi connectivity index (χ1n) is 7.40. The van der Waals surface area contributed by atoms with Crippen molar-refractivity contribution in [2.24, 2.45) is 5.92 Å². The number of aromatic nitrogens is 2. The lowest BCUT2D eigenvalue weighted by atomic mass is 9.85. The van der Waals surface area contributed by atoms with E-state index in [2.05, 4.69) is 20.6 Å². The minimum absolute atomic E-state index is 0.112. The average Bonchev–Trinajstić information content (AvgIpc) is 2.38. The van der Waals surface area contributed by atoms with Gasteiger partial charge in [0.25, 0.3) is 0 Å². The summed E-state index contributed by atoms with van der Waals surface area (Å²) in [4.78, 5) is 20.6. The minimum Gasteiger partial charge on any atom is -0.366 e. The highest BCUT2D eigenvalue weighted by Crippen LogP contribution is 2.26. The van der Waals surface area contributed by atoms with Crippen LogP contribution in [0.3, 0.4) is 0 Å². The van der Waals surface area contributed by atoms with Crippen LogP contribution >= 0.6 is 0 Å². The van der Waals surface area contributed by atoms with Gasteiger partial charge >= 0.3 is 0 Å². The summed E-state index contributed by atoms with van der Waals surface area (Å²) in [6, 6.07) is 0.515. The van der Waals surface area contributed by atoms with Gasteiger partial charge in [-0.05, 0) is 40.0 Å². The third-order valence-electron chi connectivity index (χ3n) is 3.58. The van der Waals surface area contributed by atoms with Gasteiger partial charge in [0.2, 0.25) is 5.91 Å². The molecule has 110 valence electrons. The van der Waals surface area contributed by atoms with E-state index in [-0.39, 0.29) is 17.9 Å². The Bertz CT molecular complexity index is 461. The molecule has 1 amide bonds. The van der Waals surface area contributed by atoms with Crippen molar-refractivity contribution in [2.75, 3.05) is 5.32 Å². The number of aryl methyl sites for hydroxylation is 1. The van der Waals surface area contributed by atoms with Gasteiger partial charge in [-0.3, -0.25) is 9.78 Å². The van der Waals surface area contributed by atoms with E-state index in [4.69, 9.17) is 0 Å². The second-order valence-corrected chi connectivity index (χ2v) is 5.91. The van der Waals surface area contributed by atoms with Gasteiger partial charge in [0.15, 0.2) is 0 Å². The molecule has 2 rings (SSSR count). The van der Waals surface area contributed by atoms with Gasteiger partial charge in [-0.25, -0.2) is 4.98 Å². The van der Waals surface area contributed by atoms with E-state index in [0.29, 0.717) is 6.04 Å². The van der Waals surface area contributed by atoms with Gasteiger partial charge in [-0.2, -0.15) is 0 Å². The van der Waals surface area contributed by atoms with Crippen molar-refractivity contribution in [1.82, 2.24) is 15.3 Å². The van der Waals surface area contributed by atoms with Gasteiger partial charge < -0.3 is 10.6 Å². The van der Waals surface area contributed by atoms with Crippen LogP contribution in [0.25, 0.3) is 0 Å². The number of amides is 1. The Hall–Kier alpha value is -1.65. The van der Waals surface area contributed by atoms with Gasteiger partial charge in [0.1, 0.15) is 5.82 Å². The molecule has 2 atom stereocenters.